The third kappa shape index (κ3) is 9.72. The van der Waals surface area contributed by atoms with Gasteiger partial charge in [0.05, 0.1) is 0 Å². The maximum atomic E-state index is 13.1. The third-order valence-electron chi connectivity index (χ3n) is 4.52. The Kier molecular flexibility index (Phi) is 12.0. The van der Waals surface area contributed by atoms with Crippen molar-refractivity contribution >= 4 is 5.97 Å². The smallest absolute Gasteiger partial charge is 0.354 e. The second kappa shape index (κ2) is 15.2. The van der Waals surface area contributed by atoms with Gasteiger partial charge < -0.3 is 5.11 Å². The first kappa shape index (κ1) is 30.1. The first-order valence-electron chi connectivity index (χ1n) is 10.6. The van der Waals surface area contributed by atoms with Crippen molar-refractivity contribution in [3.8, 4) is 0 Å². The Hall–Kier alpha value is -4.15. The number of rotatable bonds is 5. The van der Waals surface area contributed by atoms with Crippen molar-refractivity contribution in [2.24, 2.45) is 0 Å². The van der Waals surface area contributed by atoms with E-state index in [1.807, 2.05) is 0 Å². The average Bonchev–Trinajstić information content (AvgIpc) is 3.59. The number of nitrogens with zero attached hydrogens (tertiary/aromatic N) is 5. The van der Waals surface area contributed by atoms with Crippen molar-refractivity contribution < 1.29 is 47.6 Å². The van der Waals surface area contributed by atoms with E-state index in [1.54, 1.807) is 58.4 Å². The van der Waals surface area contributed by atoms with Crippen LogP contribution in [-0.2, 0) is 33.2 Å². The van der Waals surface area contributed by atoms with Gasteiger partial charge in [0, 0.05) is 87.4 Å². The van der Waals surface area contributed by atoms with E-state index in [2.05, 4.69) is 27.3 Å². The molecule has 1 radical (unpaired) electrons. The van der Waals surface area contributed by atoms with Crippen molar-refractivity contribution in [2.45, 2.75) is 13.1 Å². The van der Waals surface area contributed by atoms with Gasteiger partial charge in [0.1, 0.15) is 5.69 Å². The summed E-state index contributed by atoms with van der Waals surface area (Å²) in [5.41, 5.74) is 0.683. The maximum absolute atomic E-state index is 13.1. The Labute approximate surface area is 228 Å². The van der Waals surface area contributed by atoms with Crippen LogP contribution < -0.4 is 0 Å². The summed E-state index contributed by atoms with van der Waals surface area (Å²) in [7, 11) is 0. The van der Waals surface area contributed by atoms with Crippen molar-refractivity contribution in [2.75, 3.05) is 0 Å². The topological polar surface area (TPSA) is 85.8 Å². The fraction of sp³-hybridized carbons (Fsp3) is 0.0769. The zero-order valence-electron chi connectivity index (χ0n) is 19.4. The molecule has 12 heteroatoms. The molecule has 0 fully saturated rings. The number of aromatic carboxylic acids is 1. The summed E-state index contributed by atoms with van der Waals surface area (Å²) in [6.07, 6.45) is 8.06. The van der Waals surface area contributed by atoms with Crippen LogP contribution in [0.3, 0.4) is 0 Å². The molecule has 2 aromatic carbocycles. The molecule has 3 aromatic heterocycles. The molecule has 1 N–H and O–H groups in total. The first-order valence-corrected chi connectivity index (χ1v) is 10.6. The predicted molar refractivity (Wildman–Crippen MR) is 124 cm³/mol. The molecule has 0 amide bonds. The van der Waals surface area contributed by atoms with Gasteiger partial charge in [-0.25, -0.2) is 9.78 Å². The zero-order valence-corrected chi connectivity index (χ0v) is 21.8. The molecule has 0 saturated heterocycles. The van der Waals surface area contributed by atoms with Gasteiger partial charge in [0.2, 0.25) is 0 Å². The molecule has 0 aliphatic heterocycles. The summed E-state index contributed by atoms with van der Waals surface area (Å²) >= 11 is 0. The number of halogens is 4. The van der Waals surface area contributed by atoms with Gasteiger partial charge in [-0.3, -0.25) is 26.9 Å². The standard InChI is InChI=1S/2C10H7F2N2.C6H5NO2.Ir/c2*11-9-3-2-8(10(12)6-9)7-14-5-1-4-13-14;8-6(9)5-3-1-2-4-7-5;/h2*1,3-6H,7H2;1-4H,(H,8,9);/q2*-1;;. The van der Waals surface area contributed by atoms with Gasteiger partial charge in [-0.05, 0) is 24.3 Å². The molecule has 0 spiro atoms. The van der Waals surface area contributed by atoms with Gasteiger partial charge >= 0.3 is 5.97 Å². The number of benzene rings is 2. The first-order chi connectivity index (χ1) is 17.8. The number of carboxylic acid groups (broad SMARTS) is 1. The van der Waals surface area contributed by atoms with Crippen LogP contribution in [0.2, 0.25) is 0 Å². The van der Waals surface area contributed by atoms with E-state index in [-0.39, 0.29) is 38.9 Å². The minimum atomic E-state index is -0.990. The fourth-order valence-electron chi connectivity index (χ4n) is 2.79. The predicted octanol–water partition coefficient (Wildman–Crippen LogP) is 4.80. The number of aromatic nitrogens is 5. The largest absolute Gasteiger partial charge is 0.477 e. The number of hydrogen-bond acceptors (Lipinski definition) is 4. The van der Waals surface area contributed by atoms with Crippen molar-refractivity contribution in [1.29, 1.82) is 0 Å². The number of carbonyl (C=O) groups is 1. The molecule has 0 bridgehead atoms. The normalized spacial score (nSPS) is 9.79. The second-order valence-electron chi connectivity index (χ2n) is 7.22. The molecule has 5 aromatic rings. The Morgan fingerprint density at radius 1 is 0.789 bits per heavy atom. The SMILES string of the molecule is Fc1c[c-]c(Cn2cccn2)c(F)c1.Fc1c[c-]c(Cn2cccn2)c(F)c1.O=C(O)c1ccccn1.[Ir]. The molecule has 7 nitrogen and oxygen atoms in total. The van der Waals surface area contributed by atoms with Crippen molar-refractivity contribution in [3.63, 3.8) is 0 Å². The molecule has 38 heavy (non-hydrogen) atoms. The summed E-state index contributed by atoms with van der Waals surface area (Å²) < 4.78 is 54.4. The van der Waals surface area contributed by atoms with Crippen LogP contribution in [0.4, 0.5) is 17.6 Å². The van der Waals surface area contributed by atoms with E-state index < -0.39 is 29.2 Å². The monoisotopic (exact) mass is 702 g/mol. The molecule has 0 unspecified atom stereocenters. The Balaban J connectivity index is 0.000000203. The Morgan fingerprint density at radius 3 is 1.61 bits per heavy atom. The van der Waals surface area contributed by atoms with E-state index >= 15 is 0 Å². The van der Waals surface area contributed by atoms with Gasteiger partial charge in [-0.15, -0.1) is 35.4 Å². The molecule has 0 aliphatic carbocycles. The van der Waals surface area contributed by atoms with Crippen LogP contribution >= 0.6 is 0 Å². The maximum Gasteiger partial charge on any atom is 0.354 e. The quantitative estimate of drug-likeness (QED) is 0.211. The van der Waals surface area contributed by atoms with Crippen molar-refractivity contribution in [1.82, 2.24) is 24.5 Å². The third-order valence-corrected chi connectivity index (χ3v) is 4.52. The van der Waals surface area contributed by atoms with Crippen LogP contribution in [-0.4, -0.2) is 35.6 Å². The minimum Gasteiger partial charge on any atom is -0.477 e. The second-order valence-corrected chi connectivity index (χ2v) is 7.22. The van der Waals surface area contributed by atoms with E-state index in [9.17, 15) is 22.4 Å². The van der Waals surface area contributed by atoms with Crippen LogP contribution in [0.5, 0.6) is 0 Å². The molecular formula is C26H19F4IrN5O2-2. The Morgan fingerprint density at radius 2 is 1.29 bits per heavy atom. The molecule has 5 rings (SSSR count). The number of hydrogen-bond donors (Lipinski definition) is 1. The van der Waals surface area contributed by atoms with Crippen molar-refractivity contribution in [3.05, 3.63) is 138 Å². The number of pyridine rings is 1. The summed E-state index contributed by atoms with van der Waals surface area (Å²) in [4.78, 5) is 13.7. The molecule has 199 valence electrons. The summed E-state index contributed by atoms with van der Waals surface area (Å²) in [5.74, 6) is -3.42. The van der Waals surface area contributed by atoms with Gasteiger partial charge in [-0.2, -0.15) is 22.3 Å². The zero-order chi connectivity index (χ0) is 26.6. The van der Waals surface area contributed by atoms with Crippen LogP contribution in [0.25, 0.3) is 0 Å². The van der Waals surface area contributed by atoms with Crippen LogP contribution in [0, 0.1) is 35.4 Å². The van der Waals surface area contributed by atoms with E-state index in [0.717, 1.165) is 24.3 Å². The van der Waals surface area contributed by atoms with Crippen LogP contribution in [0.15, 0.2) is 85.6 Å². The molecular weight excluding hydrogens is 683 g/mol. The molecule has 0 aliphatic rings. The molecule has 0 saturated carbocycles. The van der Waals surface area contributed by atoms with E-state index in [0.29, 0.717) is 11.1 Å². The average molecular weight is 702 g/mol. The molecule has 0 atom stereocenters. The summed E-state index contributed by atoms with van der Waals surface area (Å²) in [6, 6.07) is 17.2. The fourth-order valence-corrected chi connectivity index (χ4v) is 2.79. The van der Waals surface area contributed by atoms with Gasteiger partial charge in [0.25, 0.3) is 0 Å². The number of carboxylic acids is 1. The van der Waals surface area contributed by atoms with E-state index in [1.165, 1.54) is 12.3 Å². The van der Waals surface area contributed by atoms with Gasteiger partial charge in [-0.1, -0.05) is 6.07 Å². The minimum absolute atomic E-state index is 0. The molecule has 3 heterocycles. The van der Waals surface area contributed by atoms with Gasteiger partial charge in [0.15, 0.2) is 0 Å². The Bertz CT molecular complexity index is 1320. The summed E-state index contributed by atoms with van der Waals surface area (Å²) in [5, 5.41) is 16.1. The summed E-state index contributed by atoms with van der Waals surface area (Å²) in [6.45, 7) is 0.526. The van der Waals surface area contributed by atoms with E-state index in [4.69, 9.17) is 5.11 Å². The van der Waals surface area contributed by atoms with Crippen LogP contribution in [0.1, 0.15) is 21.6 Å².